The van der Waals surface area contributed by atoms with Crippen molar-refractivity contribution in [2.24, 2.45) is 0 Å². The van der Waals surface area contributed by atoms with Gasteiger partial charge in [-0.1, -0.05) is 32.9 Å². The summed E-state index contributed by atoms with van der Waals surface area (Å²) in [5, 5.41) is 3.29. The van der Waals surface area contributed by atoms with Crippen molar-refractivity contribution >= 4 is 5.91 Å². The molecule has 0 radical (unpaired) electrons. The summed E-state index contributed by atoms with van der Waals surface area (Å²) in [6.07, 6.45) is 0. The zero-order valence-electron chi connectivity index (χ0n) is 13.3. The van der Waals surface area contributed by atoms with Crippen molar-refractivity contribution in [1.82, 2.24) is 10.2 Å². The van der Waals surface area contributed by atoms with Crippen LogP contribution in [0.25, 0.3) is 0 Å². The lowest BCUT2D eigenvalue weighted by Gasteiger charge is -2.29. The van der Waals surface area contributed by atoms with Crippen LogP contribution in [0.1, 0.15) is 47.8 Å². The Morgan fingerprint density at radius 3 is 2.05 bits per heavy atom. The molecule has 0 spiro atoms. The van der Waals surface area contributed by atoms with E-state index in [9.17, 15) is 4.79 Å². The van der Waals surface area contributed by atoms with Crippen LogP contribution in [0.4, 0.5) is 0 Å². The minimum absolute atomic E-state index is 0.117. The van der Waals surface area contributed by atoms with Crippen LogP contribution in [-0.4, -0.2) is 37.0 Å². The van der Waals surface area contributed by atoms with E-state index in [1.165, 1.54) is 5.56 Å². The van der Waals surface area contributed by atoms with Gasteiger partial charge in [-0.25, -0.2) is 0 Å². The molecule has 1 N–H and O–H groups in total. The van der Waals surface area contributed by atoms with Gasteiger partial charge in [0, 0.05) is 31.7 Å². The molecule has 1 aliphatic rings. The van der Waals surface area contributed by atoms with Crippen LogP contribution < -0.4 is 5.32 Å². The summed E-state index contributed by atoms with van der Waals surface area (Å²) in [5.74, 6) is 0.182. The fraction of sp³-hybridized carbons (Fsp3) is 0.588. The molecule has 0 saturated carbocycles. The van der Waals surface area contributed by atoms with Gasteiger partial charge in [0.05, 0.1) is 0 Å². The SMILES string of the molecule is Cc1cc(C(C)(C)C)cc(C)c1C(=O)N1CCNCC1. The Labute approximate surface area is 122 Å². The third kappa shape index (κ3) is 3.04. The van der Waals surface area contributed by atoms with Gasteiger partial charge in [0.2, 0.25) is 0 Å². The summed E-state index contributed by atoms with van der Waals surface area (Å²) < 4.78 is 0. The number of nitrogens with one attached hydrogen (secondary N) is 1. The number of benzene rings is 1. The molecule has 3 nitrogen and oxygen atoms in total. The van der Waals surface area contributed by atoms with Gasteiger partial charge in [0.15, 0.2) is 0 Å². The lowest BCUT2D eigenvalue weighted by atomic mass is 9.83. The molecule has 0 bridgehead atoms. The minimum Gasteiger partial charge on any atom is -0.336 e. The zero-order valence-corrected chi connectivity index (χ0v) is 13.3. The van der Waals surface area contributed by atoms with Crippen LogP contribution in [0.15, 0.2) is 12.1 Å². The highest BCUT2D eigenvalue weighted by atomic mass is 16.2. The Morgan fingerprint density at radius 1 is 1.10 bits per heavy atom. The molecule has 1 fully saturated rings. The van der Waals surface area contributed by atoms with Crippen molar-refractivity contribution in [3.63, 3.8) is 0 Å². The van der Waals surface area contributed by atoms with Crippen LogP contribution in [0.5, 0.6) is 0 Å². The van der Waals surface area contributed by atoms with Gasteiger partial charge in [-0.3, -0.25) is 4.79 Å². The fourth-order valence-electron chi connectivity index (χ4n) is 2.76. The highest BCUT2D eigenvalue weighted by molar-refractivity contribution is 5.97. The van der Waals surface area contributed by atoms with E-state index in [2.05, 4.69) is 52.1 Å². The summed E-state index contributed by atoms with van der Waals surface area (Å²) in [7, 11) is 0. The molecule has 2 rings (SSSR count). The number of amides is 1. The highest BCUT2D eigenvalue weighted by Crippen LogP contribution is 2.27. The van der Waals surface area contributed by atoms with Crippen molar-refractivity contribution in [2.75, 3.05) is 26.2 Å². The van der Waals surface area contributed by atoms with Gasteiger partial charge in [-0.05, 0) is 36.0 Å². The lowest BCUT2D eigenvalue weighted by Crippen LogP contribution is -2.46. The second-order valence-electron chi connectivity index (χ2n) is 6.78. The van der Waals surface area contributed by atoms with E-state index in [1.807, 2.05) is 4.90 Å². The number of piperazine rings is 1. The van der Waals surface area contributed by atoms with Crippen LogP contribution in [0.3, 0.4) is 0 Å². The van der Waals surface area contributed by atoms with Crippen molar-refractivity contribution in [3.05, 3.63) is 34.4 Å². The number of hydrogen-bond donors (Lipinski definition) is 1. The van der Waals surface area contributed by atoms with E-state index in [4.69, 9.17) is 0 Å². The van der Waals surface area contributed by atoms with E-state index in [0.717, 1.165) is 42.9 Å². The summed E-state index contributed by atoms with van der Waals surface area (Å²) in [5.41, 5.74) is 4.49. The molecule has 1 amide bonds. The number of rotatable bonds is 1. The maximum Gasteiger partial charge on any atom is 0.254 e. The van der Waals surface area contributed by atoms with E-state index >= 15 is 0 Å². The Kier molecular flexibility index (Phi) is 4.19. The molecule has 3 heteroatoms. The first-order valence-electron chi connectivity index (χ1n) is 7.42. The van der Waals surface area contributed by atoms with E-state index < -0.39 is 0 Å². The molecular weight excluding hydrogens is 248 g/mol. The number of hydrogen-bond acceptors (Lipinski definition) is 2. The minimum atomic E-state index is 0.117. The van der Waals surface area contributed by atoms with Crippen molar-refractivity contribution in [1.29, 1.82) is 0 Å². The number of nitrogens with zero attached hydrogens (tertiary/aromatic N) is 1. The first kappa shape index (κ1) is 15.0. The molecule has 1 saturated heterocycles. The van der Waals surface area contributed by atoms with Crippen molar-refractivity contribution in [2.45, 2.75) is 40.0 Å². The Hall–Kier alpha value is -1.35. The molecule has 0 aliphatic carbocycles. The monoisotopic (exact) mass is 274 g/mol. The van der Waals surface area contributed by atoms with Crippen LogP contribution in [0, 0.1) is 13.8 Å². The Morgan fingerprint density at radius 2 is 1.60 bits per heavy atom. The smallest absolute Gasteiger partial charge is 0.254 e. The number of carbonyl (C=O) groups excluding carboxylic acids is 1. The maximum absolute atomic E-state index is 12.7. The molecule has 1 aromatic rings. The van der Waals surface area contributed by atoms with E-state index in [1.54, 1.807) is 0 Å². The molecule has 0 aromatic heterocycles. The molecular formula is C17H26N2O. The number of carbonyl (C=O) groups is 1. The van der Waals surface area contributed by atoms with Gasteiger partial charge in [-0.15, -0.1) is 0 Å². The molecule has 1 aliphatic heterocycles. The summed E-state index contributed by atoms with van der Waals surface area (Å²) in [6, 6.07) is 4.34. The second kappa shape index (κ2) is 5.57. The third-order valence-electron chi connectivity index (χ3n) is 4.02. The van der Waals surface area contributed by atoms with Crippen molar-refractivity contribution < 1.29 is 4.79 Å². The Balaban J connectivity index is 2.35. The fourth-order valence-corrected chi connectivity index (χ4v) is 2.76. The predicted molar refractivity (Wildman–Crippen MR) is 83.4 cm³/mol. The standard InChI is InChI=1S/C17H26N2O/c1-12-10-14(17(3,4)5)11-13(2)15(12)16(20)19-8-6-18-7-9-19/h10-11,18H,6-9H2,1-5H3. The van der Waals surface area contributed by atoms with Crippen LogP contribution in [0.2, 0.25) is 0 Å². The first-order chi connectivity index (χ1) is 9.30. The largest absolute Gasteiger partial charge is 0.336 e. The van der Waals surface area contributed by atoms with Gasteiger partial charge < -0.3 is 10.2 Å². The lowest BCUT2D eigenvalue weighted by molar-refractivity contribution is 0.0734. The van der Waals surface area contributed by atoms with Gasteiger partial charge in [0.25, 0.3) is 5.91 Å². The van der Waals surface area contributed by atoms with Gasteiger partial charge >= 0.3 is 0 Å². The second-order valence-corrected chi connectivity index (χ2v) is 6.78. The molecule has 20 heavy (non-hydrogen) atoms. The molecule has 1 heterocycles. The Bertz CT molecular complexity index is 485. The quantitative estimate of drug-likeness (QED) is 0.854. The van der Waals surface area contributed by atoms with Crippen LogP contribution in [-0.2, 0) is 5.41 Å². The zero-order chi connectivity index (χ0) is 14.9. The summed E-state index contributed by atoms with van der Waals surface area (Å²) in [6.45, 7) is 14.1. The summed E-state index contributed by atoms with van der Waals surface area (Å²) in [4.78, 5) is 14.7. The molecule has 0 atom stereocenters. The van der Waals surface area contributed by atoms with Gasteiger partial charge in [0.1, 0.15) is 0 Å². The van der Waals surface area contributed by atoms with E-state index in [-0.39, 0.29) is 11.3 Å². The molecule has 1 aromatic carbocycles. The number of aryl methyl sites for hydroxylation is 2. The topological polar surface area (TPSA) is 32.3 Å². The molecule has 0 unspecified atom stereocenters. The normalized spacial score (nSPS) is 16.4. The van der Waals surface area contributed by atoms with Gasteiger partial charge in [-0.2, -0.15) is 0 Å². The highest BCUT2D eigenvalue weighted by Gasteiger charge is 2.23. The average Bonchev–Trinajstić information content (AvgIpc) is 2.37. The summed E-state index contributed by atoms with van der Waals surface area (Å²) >= 11 is 0. The average molecular weight is 274 g/mol. The third-order valence-corrected chi connectivity index (χ3v) is 4.02. The van der Waals surface area contributed by atoms with E-state index in [0.29, 0.717) is 0 Å². The van der Waals surface area contributed by atoms with Crippen LogP contribution >= 0.6 is 0 Å². The predicted octanol–water partition coefficient (Wildman–Crippen LogP) is 2.65. The maximum atomic E-state index is 12.7. The van der Waals surface area contributed by atoms with Crippen molar-refractivity contribution in [3.8, 4) is 0 Å². The first-order valence-corrected chi connectivity index (χ1v) is 7.42. The molecule has 110 valence electrons.